The summed E-state index contributed by atoms with van der Waals surface area (Å²) in [7, 11) is 0. The van der Waals surface area contributed by atoms with Gasteiger partial charge in [0.2, 0.25) is 0 Å². The molecule has 4 heterocycles. The summed E-state index contributed by atoms with van der Waals surface area (Å²) in [4.78, 5) is 29.8. The third-order valence-electron chi connectivity index (χ3n) is 5.75. The Labute approximate surface area is 184 Å². The molecular weight excluding hydrogens is 408 g/mol. The Hall–Kier alpha value is -3.74. The lowest BCUT2D eigenvalue weighted by Gasteiger charge is -2.26. The van der Waals surface area contributed by atoms with Crippen molar-refractivity contribution in [1.82, 2.24) is 4.90 Å². The smallest absolute Gasteiger partial charge is 0.349 e. The van der Waals surface area contributed by atoms with Crippen LogP contribution in [0.2, 0.25) is 0 Å². The highest BCUT2D eigenvalue weighted by atomic mass is 16.4. The van der Waals surface area contributed by atoms with Crippen LogP contribution in [0, 0.1) is 0 Å². The lowest BCUT2D eigenvalue weighted by atomic mass is 10.1. The summed E-state index contributed by atoms with van der Waals surface area (Å²) in [6.07, 6.45) is 5.10. The summed E-state index contributed by atoms with van der Waals surface area (Å²) in [5.41, 5.74) is -0.228. The monoisotopic (exact) mass is 432 g/mol. The number of rotatable bonds is 6. The van der Waals surface area contributed by atoms with Crippen LogP contribution in [0.5, 0.6) is 0 Å². The number of carbonyl (C=O) groups excluding carboxylic acids is 1. The lowest BCUT2D eigenvalue weighted by Crippen LogP contribution is -2.33. The molecule has 1 saturated heterocycles. The van der Waals surface area contributed by atoms with Gasteiger partial charge in [0.1, 0.15) is 22.7 Å². The second kappa shape index (κ2) is 8.78. The minimum atomic E-state index is -0.661. The first kappa shape index (κ1) is 20.2. The molecule has 0 spiro atoms. The Kier molecular flexibility index (Phi) is 5.54. The van der Waals surface area contributed by atoms with Gasteiger partial charge >= 0.3 is 5.63 Å². The fourth-order valence-corrected chi connectivity index (χ4v) is 4.10. The maximum Gasteiger partial charge on any atom is 0.349 e. The van der Waals surface area contributed by atoms with Crippen LogP contribution in [-0.4, -0.2) is 23.9 Å². The molecule has 7 heteroatoms. The molecule has 0 atom stereocenters. The molecule has 1 aliphatic rings. The van der Waals surface area contributed by atoms with E-state index < -0.39 is 11.5 Å². The molecule has 0 saturated carbocycles. The number of amides is 1. The Morgan fingerprint density at radius 2 is 1.72 bits per heavy atom. The van der Waals surface area contributed by atoms with Crippen molar-refractivity contribution in [3.8, 4) is 0 Å². The highest BCUT2D eigenvalue weighted by molar-refractivity contribution is 5.96. The third-order valence-corrected chi connectivity index (χ3v) is 5.75. The van der Waals surface area contributed by atoms with Crippen molar-refractivity contribution in [2.75, 3.05) is 18.0 Å². The summed E-state index contributed by atoms with van der Waals surface area (Å²) >= 11 is 0. The molecule has 3 aromatic heterocycles. The van der Waals surface area contributed by atoms with E-state index in [2.05, 4.69) is 4.90 Å². The summed E-state index contributed by atoms with van der Waals surface area (Å²) in [5.74, 6) is 1.65. The van der Waals surface area contributed by atoms with E-state index in [4.69, 9.17) is 13.3 Å². The number of furan rings is 2. The molecular formula is C25H24N2O5. The average Bonchev–Trinajstić information content (AvgIpc) is 3.51. The molecule has 1 fully saturated rings. The van der Waals surface area contributed by atoms with E-state index in [1.54, 1.807) is 41.5 Å². The number of para-hydroxylation sites is 1. The fraction of sp³-hybridized carbons (Fsp3) is 0.280. The molecule has 5 rings (SSSR count). The minimum Gasteiger partial charge on any atom is -0.467 e. The highest BCUT2D eigenvalue weighted by Gasteiger charge is 2.24. The lowest BCUT2D eigenvalue weighted by molar-refractivity contribution is 0.0701. The molecule has 0 radical (unpaired) electrons. The minimum absolute atomic E-state index is 0.0157. The maximum absolute atomic E-state index is 13.4. The molecule has 0 bridgehead atoms. The number of piperidine rings is 1. The molecule has 7 nitrogen and oxygen atoms in total. The van der Waals surface area contributed by atoms with Gasteiger partial charge < -0.3 is 23.1 Å². The third kappa shape index (κ3) is 4.19. The molecule has 0 N–H and O–H groups in total. The van der Waals surface area contributed by atoms with Crippen molar-refractivity contribution in [3.63, 3.8) is 0 Å². The van der Waals surface area contributed by atoms with Gasteiger partial charge in [-0.3, -0.25) is 4.79 Å². The quantitative estimate of drug-likeness (QED) is 0.407. The zero-order chi connectivity index (χ0) is 21.9. The van der Waals surface area contributed by atoms with E-state index in [0.29, 0.717) is 22.5 Å². The summed E-state index contributed by atoms with van der Waals surface area (Å²) < 4.78 is 16.9. The number of nitrogens with zero attached hydrogens (tertiary/aromatic N) is 2. The molecule has 32 heavy (non-hydrogen) atoms. The van der Waals surface area contributed by atoms with Crippen LogP contribution in [-0.2, 0) is 13.1 Å². The molecule has 1 aliphatic heterocycles. The molecule has 0 aliphatic carbocycles. The van der Waals surface area contributed by atoms with Crippen molar-refractivity contribution >= 4 is 22.8 Å². The first-order valence-corrected chi connectivity index (χ1v) is 10.9. The SMILES string of the molecule is O=C(c1cc2ccccc2oc1=O)N(Cc1ccco1)Cc1ccc(N2CCCCC2)o1. The molecule has 1 aromatic carbocycles. The largest absolute Gasteiger partial charge is 0.467 e. The van der Waals surface area contributed by atoms with Gasteiger partial charge in [-0.15, -0.1) is 0 Å². The second-order valence-corrected chi connectivity index (χ2v) is 8.01. The highest BCUT2D eigenvalue weighted by Crippen LogP contribution is 2.24. The van der Waals surface area contributed by atoms with Crippen LogP contribution < -0.4 is 10.5 Å². The second-order valence-electron chi connectivity index (χ2n) is 8.01. The van der Waals surface area contributed by atoms with Gasteiger partial charge in [-0.1, -0.05) is 18.2 Å². The Balaban J connectivity index is 1.43. The molecule has 164 valence electrons. The van der Waals surface area contributed by atoms with Gasteiger partial charge in [0.25, 0.3) is 5.91 Å². The standard InChI is InChI=1S/C25H24N2O5/c28-24(21-15-18-7-2-3-9-22(18)32-25(21)29)27(16-19-8-6-14-30-19)17-20-10-11-23(31-20)26-12-4-1-5-13-26/h2-3,6-11,14-15H,1,4-5,12-13,16-17H2. The van der Waals surface area contributed by atoms with Crippen molar-refractivity contribution in [2.24, 2.45) is 0 Å². The van der Waals surface area contributed by atoms with Crippen molar-refractivity contribution in [1.29, 1.82) is 0 Å². The van der Waals surface area contributed by atoms with Crippen LogP contribution in [0.4, 0.5) is 5.88 Å². The fourth-order valence-electron chi connectivity index (χ4n) is 4.10. The Morgan fingerprint density at radius 1 is 0.906 bits per heavy atom. The van der Waals surface area contributed by atoms with Gasteiger partial charge in [0, 0.05) is 24.5 Å². The number of hydrogen-bond donors (Lipinski definition) is 0. The molecule has 0 unspecified atom stereocenters. The topological polar surface area (TPSA) is 80.0 Å². The van der Waals surface area contributed by atoms with Crippen molar-refractivity contribution < 1.29 is 18.0 Å². The van der Waals surface area contributed by atoms with Crippen LogP contribution in [0.3, 0.4) is 0 Å². The van der Waals surface area contributed by atoms with Gasteiger partial charge in [-0.2, -0.15) is 0 Å². The summed E-state index contributed by atoms with van der Waals surface area (Å²) in [6.45, 7) is 2.36. The zero-order valence-corrected chi connectivity index (χ0v) is 17.7. The normalized spacial score (nSPS) is 14.1. The molecule has 4 aromatic rings. The van der Waals surface area contributed by atoms with Gasteiger partial charge in [-0.05, 0) is 49.6 Å². The summed E-state index contributed by atoms with van der Waals surface area (Å²) in [5, 5.41) is 0.693. The maximum atomic E-state index is 13.4. The average molecular weight is 432 g/mol. The van der Waals surface area contributed by atoms with Crippen LogP contribution >= 0.6 is 0 Å². The predicted octanol–water partition coefficient (Wildman–Crippen LogP) is 4.81. The first-order chi connectivity index (χ1) is 15.7. The van der Waals surface area contributed by atoms with Gasteiger partial charge in [0.05, 0.1) is 19.4 Å². The van der Waals surface area contributed by atoms with E-state index in [0.717, 1.165) is 31.8 Å². The van der Waals surface area contributed by atoms with Crippen LogP contribution in [0.25, 0.3) is 11.0 Å². The van der Waals surface area contributed by atoms with Crippen molar-refractivity contribution in [3.05, 3.63) is 88.4 Å². The summed E-state index contributed by atoms with van der Waals surface area (Å²) in [6, 6.07) is 16.1. The van der Waals surface area contributed by atoms with E-state index in [1.165, 1.54) is 6.42 Å². The number of hydrogen-bond acceptors (Lipinski definition) is 6. The van der Waals surface area contributed by atoms with Gasteiger partial charge in [0.15, 0.2) is 5.88 Å². The Bertz CT molecular complexity index is 1260. The van der Waals surface area contributed by atoms with E-state index in [9.17, 15) is 9.59 Å². The number of fused-ring (bicyclic) bond motifs is 1. The van der Waals surface area contributed by atoms with E-state index in [-0.39, 0.29) is 18.7 Å². The Morgan fingerprint density at radius 3 is 2.53 bits per heavy atom. The molecule has 1 amide bonds. The van der Waals surface area contributed by atoms with Crippen LogP contribution in [0.15, 0.2) is 78.9 Å². The predicted molar refractivity (Wildman–Crippen MR) is 120 cm³/mol. The van der Waals surface area contributed by atoms with E-state index >= 15 is 0 Å². The number of carbonyl (C=O) groups is 1. The number of benzene rings is 1. The van der Waals surface area contributed by atoms with Crippen LogP contribution in [0.1, 0.15) is 41.1 Å². The first-order valence-electron chi connectivity index (χ1n) is 10.9. The zero-order valence-electron chi connectivity index (χ0n) is 17.7. The van der Waals surface area contributed by atoms with E-state index in [1.807, 2.05) is 24.3 Å². The number of anilines is 1. The van der Waals surface area contributed by atoms with Gasteiger partial charge in [-0.25, -0.2) is 4.79 Å². The van der Waals surface area contributed by atoms with Crippen molar-refractivity contribution in [2.45, 2.75) is 32.4 Å².